The van der Waals surface area contributed by atoms with Gasteiger partial charge >= 0.3 is 5.97 Å². The van der Waals surface area contributed by atoms with Crippen molar-refractivity contribution in [3.05, 3.63) is 54.0 Å². The zero-order valence-corrected chi connectivity index (χ0v) is 14.1. The molecule has 1 aromatic carbocycles. The molecule has 0 radical (unpaired) electrons. The molecule has 3 rings (SSSR count). The van der Waals surface area contributed by atoms with Crippen molar-refractivity contribution in [1.82, 2.24) is 5.32 Å². The summed E-state index contributed by atoms with van der Waals surface area (Å²) in [5, 5.41) is 2.71. The monoisotopic (exact) mass is 357 g/mol. The Hall–Kier alpha value is -3.22. The molecule has 1 amide bonds. The fraction of sp³-hybridized carbons (Fsp3) is 0.263. The minimum atomic E-state index is -0.608. The van der Waals surface area contributed by atoms with Crippen molar-refractivity contribution in [3.8, 4) is 11.5 Å². The molecule has 7 nitrogen and oxygen atoms in total. The van der Waals surface area contributed by atoms with E-state index in [0.717, 1.165) is 17.1 Å². The number of rotatable bonds is 7. The van der Waals surface area contributed by atoms with E-state index in [4.69, 9.17) is 18.6 Å². The predicted molar refractivity (Wildman–Crippen MR) is 92.8 cm³/mol. The SMILES string of the molecule is O=C(COC(=O)C=Cc1ccco1)NCCc1ccc2c(c1)OCCO2. The normalized spacial score (nSPS) is 12.8. The summed E-state index contributed by atoms with van der Waals surface area (Å²) in [5.74, 6) is 1.02. The Balaban J connectivity index is 1.36. The van der Waals surface area contributed by atoms with Crippen LogP contribution < -0.4 is 14.8 Å². The van der Waals surface area contributed by atoms with Gasteiger partial charge in [-0.15, -0.1) is 0 Å². The standard InChI is InChI=1S/C19H19NO6/c21-18(13-26-19(22)6-4-15-2-1-9-23-15)20-8-7-14-3-5-16-17(12-14)25-11-10-24-16/h1-6,9,12H,7-8,10-11,13H2,(H,20,21). The third-order valence-electron chi connectivity index (χ3n) is 3.61. The summed E-state index contributed by atoms with van der Waals surface area (Å²) in [4.78, 5) is 23.2. The van der Waals surface area contributed by atoms with Gasteiger partial charge in [0.05, 0.1) is 6.26 Å². The molecule has 7 heteroatoms. The number of hydrogen-bond donors (Lipinski definition) is 1. The quantitative estimate of drug-likeness (QED) is 0.602. The molecule has 0 atom stereocenters. The fourth-order valence-corrected chi connectivity index (χ4v) is 2.36. The topological polar surface area (TPSA) is 87.0 Å². The molecule has 1 aliphatic rings. The predicted octanol–water partition coefficient (Wildman–Crippen LogP) is 1.97. The minimum Gasteiger partial charge on any atom is -0.486 e. The number of furan rings is 1. The van der Waals surface area contributed by atoms with Crippen molar-refractivity contribution in [2.75, 3.05) is 26.4 Å². The minimum absolute atomic E-state index is 0.331. The van der Waals surface area contributed by atoms with Crippen LogP contribution in [-0.2, 0) is 20.7 Å². The maximum absolute atomic E-state index is 11.7. The van der Waals surface area contributed by atoms with Gasteiger partial charge in [-0.25, -0.2) is 4.79 Å². The highest BCUT2D eigenvalue weighted by atomic mass is 16.6. The maximum atomic E-state index is 11.7. The van der Waals surface area contributed by atoms with Crippen molar-refractivity contribution in [3.63, 3.8) is 0 Å². The molecule has 0 fully saturated rings. The molecule has 0 spiro atoms. The first kappa shape index (κ1) is 17.6. The summed E-state index contributed by atoms with van der Waals surface area (Å²) in [6.07, 6.45) is 4.82. The van der Waals surface area contributed by atoms with Crippen molar-refractivity contribution in [1.29, 1.82) is 0 Å². The lowest BCUT2D eigenvalue weighted by molar-refractivity contribution is -0.143. The van der Waals surface area contributed by atoms with Crippen molar-refractivity contribution < 1.29 is 28.2 Å². The van der Waals surface area contributed by atoms with Gasteiger partial charge in [0.1, 0.15) is 19.0 Å². The second-order valence-electron chi connectivity index (χ2n) is 5.53. The smallest absolute Gasteiger partial charge is 0.331 e. The molecule has 0 saturated carbocycles. The van der Waals surface area contributed by atoms with E-state index in [-0.39, 0.29) is 12.5 Å². The number of carbonyl (C=O) groups is 2. The molecule has 1 N–H and O–H groups in total. The van der Waals surface area contributed by atoms with Gasteiger partial charge in [0.15, 0.2) is 18.1 Å². The van der Waals surface area contributed by atoms with Crippen LogP contribution >= 0.6 is 0 Å². The van der Waals surface area contributed by atoms with Gasteiger partial charge in [-0.2, -0.15) is 0 Å². The van der Waals surface area contributed by atoms with Crippen LogP contribution in [0, 0.1) is 0 Å². The number of benzene rings is 1. The summed E-state index contributed by atoms with van der Waals surface area (Å²) in [6, 6.07) is 9.10. The van der Waals surface area contributed by atoms with Crippen LogP contribution in [0.1, 0.15) is 11.3 Å². The number of hydrogen-bond acceptors (Lipinski definition) is 6. The number of esters is 1. The highest BCUT2D eigenvalue weighted by Crippen LogP contribution is 2.30. The van der Waals surface area contributed by atoms with E-state index in [1.165, 1.54) is 18.4 Å². The number of fused-ring (bicyclic) bond motifs is 1. The molecular weight excluding hydrogens is 338 g/mol. The highest BCUT2D eigenvalue weighted by Gasteiger charge is 2.11. The number of nitrogens with one attached hydrogen (secondary N) is 1. The van der Waals surface area contributed by atoms with Crippen LogP contribution in [0.4, 0.5) is 0 Å². The molecule has 0 unspecified atom stereocenters. The average molecular weight is 357 g/mol. The second kappa shape index (κ2) is 8.75. The molecule has 26 heavy (non-hydrogen) atoms. The Kier molecular flexibility index (Phi) is 5.92. The Morgan fingerprint density at radius 1 is 1.15 bits per heavy atom. The van der Waals surface area contributed by atoms with Gasteiger partial charge in [0.25, 0.3) is 5.91 Å². The Labute approximate surface area is 150 Å². The first-order valence-electron chi connectivity index (χ1n) is 8.24. The lowest BCUT2D eigenvalue weighted by Gasteiger charge is -2.18. The van der Waals surface area contributed by atoms with Crippen molar-refractivity contribution in [2.24, 2.45) is 0 Å². The van der Waals surface area contributed by atoms with Gasteiger partial charge in [0.2, 0.25) is 0 Å². The number of amides is 1. The second-order valence-corrected chi connectivity index (χ2v) is 5.53. The Morgan fingerprint density at radius 3 is 2.81 bits per heavy atom. The van der Waals surface area contributed by atoms with E-state index in [1.807, 2.05) is 18.2 Å². The first-order valence-corrected chi connectivity index (χ1v) is 8.24. The maximum Gasteiger partial charge on any atom is 0.331 e. The lowest BCUT2D eigenvalue weighted by Crippen LogP contribution is -2.30. The van der Waals surface area contributed by atoms with E-state index in [2.05, 4.69) is 5.32 Å². The number of carbonyl (C=O) groups excluding carboxylic acids is 2. The molecule has 136 valence electrons. The van der Waals surface area contributed by atoms with Crippen LogP contribution in [-0.4, -0.2) is 38.2 Å². The van der Waals surface area contributed by atoms with Gasteiger partial charge in [-0.05, 0) is 42.3 Å². The summed E-state index contributed by atoms with van der Waals surface area (Å²) >= 11 is 0. The van der Waals surface area contributed by atoms with E-state index < -0.39 is 5.97 Å². The van der Waals surface area contributed by atoms with Crippen LogP contribution in [0.5, 0.6) is 11.5 Å². The van der Waals surface area contributed by atoms with E-state index >= 15 is 0 Å². The van der Waals surface area contributed by atoms with Crippen LogP contribution in [0.15, 0.2) is 47.1 Å². The van der Waals surface area contributed by atoms with E-state index in [9.17, 15) is 9.59 Å². The average Bonchev–Trinajstić information content (AvgIpc) is 3.18. The third-order valence-corrected chi connectivity index (χ3v) is 3.61. The van der Waals surface area contributed by atoms with Crippen LogP contribution in [0.3, 0.4) is 0 Å². The number of ether oxygens (including phenoxy) is 3. The van der Waals surface area contributed by atoms with Crippen molar-refractivity contribution in [2.45, 2.75) is 6.42 Å². The summed E-state index contributed by atoms with van der Waals surface area (Å²) in [5.41, 5.74) is 1.02. The van der Waals surface area contributed by atoms with Gasteiger partial charge in [0, 0.05) is 12.6 Å². The molecular formula is C19H19NO6. The lowest BCUT2D eigenvalue weighted by atomic mass is 10.1. The fourth-order valence-electron chi connectivity index (χ4n) is 2.36. The third kappa shape index (κ3) is 5.14. The molecule has 1 aliphatic heterocycles. The zero-order valence-electron chi connectivity index (χ0n) is 14.1. The molecule has 2 aromatic rings. The Bertz CT molecular complexity index is 781. The molecule has 0 aliphatic carbocycles. The molecule has 1 aromatic heterocycles. The molecule has 2 heterocycles. The first-order chi connectivity index (χ1) is 12.7. The van der Waals surface area contributed by atoms with Gasteiger partial charge in [-0.1, -0.05) is 6.07 Å². The van der Waals surface area contributed by atoms with E-state index in [0.29, 0.717) is 31.9 Å². The Morgan fingerprint density at radius 2 is 2.00 bits per heavy atom. The molecule has 0 bridgehead atoms. The molecule has 0 saturated heterocycles. The largest absolute Gasteiger partial charge is 0.486 e. The summed E-state index contributed by atoms with van der Waals surface area (Å²) in [6.45, 7) is 1.19. The van der Waals surface area contributed by atoms with Crippen molar-refractivity contribution >= 4 is 18.0 Å². The summed E-state index contributed by atoms with van der Waals surface area (Å²) in [7, 11) is 0. The van der Waals surface area contributed by atoms with E-state index in [1.54, 1.807) is 12.1 Å². The van der Waals surface area contributed by atoms with Gasteiger partial charge in [-0.3, -0.25) is 4.79 Å². The summed E-state index contributed by atoms with van der Waals surface area (Å²) < 4.78 is 20.9. The highest BCUT2D eigenvalue weighted by molar-refractivity contribution is 5.88. The zero-order chi connectivity index (χ0) is 18.2. The van der Waals surface area contributed by atoms with Crippen LogP contribution in [0.2, 0.25) is 0 Å². The van der Waals surface area contributed by atoms with Gasteiger partial charge < -0.3 is 23.9 Å². The van der Waals surface area contributed by atoms with Crippen LogP contribution in [0.25, 0.3) is 6.08 Å².